The van der Waals surface area contributed by atoms with Gasteiger partial charge in [-0.1, -0.05) is 12.1 Å². The molecule has 0 atom stereocenters. The summed E-state index contributed by atoms with van der Waals surface area (Å²) in [6, 6.07) is 10.4. The minimum Gasteiger partial charge on any atom is -0.377 e. The predicted octanol–water partition coefficient (Wildman–Crippen LogP) is 3.60. The second kappa shape index (κ2) is 5.07. The second-order valence-corrected chi connectivity index (χ2v) is 4.22. The first-order valence-corrected chi connectivity index (χ1v) is 5.64. The number of pyridine rings is 1. The monoisotopic (exact) mass is 280 g/mol. The Balaban J connectivity index is 2.02. The molecule has 0 fully saturated rings. The summed E-state index contributed by atoms with van der Waals surface area (Å²) < 4.78 is 14.2. The average molecular weight is 281 g/mol. The molecule has 1 aromatic carbocycles. The van der Waals surface area contributed by atoms with E-state index in [-0.39, 0.29) is 5.82 Å². The molecule has 2 rings (SSSR count). The SMILES string of the molecule is Fc1ccccc1NCc1ccc(Br)cn1. The molecule has 1 N–H and O–H groups in total. The van der Waals surface area contributed by atoms with Crippen molar-refractivity contribution in [3.05, 3.63) is 58.6 Å². The van der Waals surface area contributed by atoms with Gasteiger partial charge >= 0.3 is 0 Å². The lowest BCUT2D eigenvalue weighted by molar-refractivity contribution is 0.630. The standard InChI is InChI=1S/C12H10BrFN2/c13-9-5-6-10(15-7-9)8-16-12-4-2-1-3-11(12)14/h1-7,16H,8H2. The molecule has 1 heterocycles. The van der Waals surface area contributed by atoms with Crippen LogP contribution in [-0.2, 0) is 6.54 Å². The molecule has 1 aromatic heterocycles. The molecular weight excluding hydrogens is 271 g/mol. The van der Waals surface area contributed by atoms with Crippen molar-refractivity contribution < 1.29 is 4.39 Å². The van der Waals surface area contributed by atoms with Gasteiger partial charge in [-0.3, -0.25) is 4.98 Å². The Morgan fingerprint density at radius 3 is 2.69 bits per heavy atom. The number of benzene rings is 1. The van der Waals surface area contributed by atoms with Gasteiger partial charge in [-0.25, -0.2) is 4.39 Å². The van der Waals surface area contributed by atoms with Crippen LogP contribution in [0.5, 0.6) is 0 Å². The molecule has 0 aliphatic heterocycles. The zero-order chi connectivity index (χ0) is 11.4. The van der Waals surface area contributed by atoms with Gasteiger partial charge in [0.05, 0.1) is 17.9 Å². The first-order chi connectivity index (χ1) is 7.75. The van der Waals surface area contributed by atoms with Crippen LogP contribution in [0.2, 0.25) is 0 Å². The summed E-state index contributed by atoms with van der Waals surface area (Å²) in [7, 11) is 0. The van der Waals surface area contributed by atoms with E-state index in [9.17, 15) is 4.39 Å². The molecule has 0 aliphatic rings. The number of halogens is 2. The minimum absolute atomic E-state index is 0.250. The molecule has 2 aromatic rings. The van der Waals surface area contributed by atoms with Crippen molar-refractivity contribution in [2.75, 3.05) is 5.32 Å². The fourth-order valence-corrected chi connectivity index (χ4v) is 1.54. The number of hydrogen-bond donors (Lipinski definition) is 1. The van der Waals surface area contributed by atoms with Gasteiger partial charge in [-0.2, -0.15) is 0 Å². The summed E-state index contributed by atoms with van der Waals surface area (Å²) in [5.74, 6) is -0.250. The molecular formula is C12H10BrFN2. The van der Waals surface area contributed by atoms with Crippen LogP contribution in [0.15, 0.2) is 47.1 Å². The lowest BCUT2D eigenvalue weighted by Crippen LogP contribution is -2.02. The zero-order valence-corrected chi connectivity index (χ0v) is 10.0. The van der Waals surface area contributed by atoms with Crippen molar-refractivity contribution in [3.63, 3.8) is 0 Å². The molecule has 0 bridgehead atoms. The van der Waals surface area contributed by atoms with Gasteiger partial charge in [-0.05, 0) is 40.2 Å². The number of aromatic nitrogens is 1. The molecule has 4 heteroatoms. The summed E-state index contributed by atoms with van der Waals surface area (Å²) >= 11 is 3.31. The average Bonchev–Trinajstić information content (AvgIpc) is 2.30. The highest BCUT2D eigenvalue weighted by molar-refractivity contribution is 9.10. The van der Waals surface area contributed by atoms with Crippen molar-refractivity contribution in [1.29, 1.82) is 0 Å². The van der Waals surface area contributed by atoms with E-state index < -0.39 is 0 Å². The molecule has 2 nitrogen and oxygen atoms in total. The maximum Gasteiger partial charge on any atom is 0.146 e. The Hall–Kier alpha value is -1.42. The first-order valence-electron chi connectivity index (χ1n) is 4.84. The molecule has 16 heavy (non-hydrogen) atoms. The highest BCUT2D eigenvalue weighted by Crippen LogP contribution is 2.14. The molecule has 0 saturated heterocycles. The van der Waals surface area contributed by atoms with Crippen LogP contribution in [0.1, 0.15) is 5.69 Å². The summed E-state index contributed by atoms with van der Waals surface area (Å²) in [4.78, 5) is 4.19. The second-order valence-electron chi connectivity index (χ2n) is 3.30. The summed E-state index contributed by atoms with van der Waals surface area (Å²) in [5.41, 5.74) is 1.36. The van der Waals surface area contributed by atoms with Crippen molar-refractivity contribution in [1.82, 2.24) is 4.98 Å². The smallest absolute Gasteiger partial charge is 0.146 e. The van der Waals surface area contributed by atoms with Gasteiger partial charge in [0.25, 0.3) is 0 Å². The lowest BCUT2D eigenvalue weighted by atomic mass is 10.3. The van der Waals surface area contributed by atoms with Crippen LogP contribution in [0.3, 0.4) is 0 Å². The highest BCUT2D eigenvalue weighted by atomic mass is 79.9. The van der Waals surface area contributed by atoms with E-state index in [0.29, 0.717) is 12.2 Å². The van der Waals surface area contributed by atoms with Crippen LogP contribution in [-0.4, -0.2) is 4.98 Å². The van der Waals surface area contributed by atoms with Crippen LogP contribution >= 0.6 is 15.9 Å². The Labute approximate surface area is 102 Å². The van der Waals surface area contributed by atoms with E-state index in [1.54, 1.807) is 24.4 Å². The van der Waals surface area contributed by atoms with Crippen molar-refractivity contribution >= 4 is 21.6 Å². The molecule has 0 aliphatic carbocycles. The summed E-state index contributed by atoms with van der Waals surface area (Å²) in [6.07, 6.45) is 1.72. The maximum absolute atomic E-state index is 13.3. The third-order valence-corrected chi connectivity index (χ3v) is 2.59. The van der Waals surface area contributed by atoms with E-state index in [1.807, 2.05) is 12.1 Å². The molecule has 0 spiro atoms. The van der Waals surface area contributed by atoms with Gasteiger partial charge in [0.15, 0.2) is 0 Å². The molecule has 0 unspecified atom stereocenters. The number of hydrogen-bond acceptors (Lipinski definition) is 2. The predicted molar refractivity (Wildman–Crippen MR) is 65.7 cm³/mol. The van der Waals surface area contributed by atoms with E-state index in [4.69, 9.17) is 0 Å². The highest BCUT2D eigenvalue weighted by Gasteiger charge is 2.00. The first kappa shape index (κ1) is 11.1. The number of nitrogens with one attached hydrogen (secondary N) is 1. The van der Waals surface area contributed by atoms with Crippen LogP contribution in [0.25, 0.3) is 0 Å². The summed E-state index contributed by atoms with van der Waals surface area (Å²) in [5, 5.41) is 3.00. The van der Waals surface area contributed by atoms with Crippen LogP contribution < -0.4 is 5.32 Å². The summed E-state index contributed by atoms with van der Waals surface area (Å²) in [6.45, 7) is 0.508. The fourth-order valence-electron chi connectivity index (χ4n) is 1.30. The Morgan fingerprint density at radius 2 is 2.00 bits per heavy atom. The molecule has 0 radical (unpaired) electrons. The van der Waals surface area contributed by atoms with Gasteiger partial charge in [0.1, 0.15) is 5.82 Å². The lowest BCUT2D eigenvalue weighted by Gasteiger charge is -2.06. The normalized spacial score (nSPS) is 10.1. The number of para-hydroxylation sites is 1. The van der Waals surface area contributed by atoms with Crippen molar-refractivity contribution in [3.8, 4) is 0 Å². The zero-order valence-electron chi connectivity index (χ0n) is 8.45. The van der Waals surface area contributed by atoms with E-state index in [1.165, 1.54) is 6.07 Å². The Bertz CT molecular complexity index is 471. The van der Waals surface area contributed by atoms with E-state index in [2.05, 4.69) is 26.2 Å². The van der Waals surface area contributed by atoms with Crippen LogP contribution in [0.4, 0.5) is 10.1 Å². The van der Waals surface area contributed by atoms with Gasteiger partial charge < -0.3 is 5.32 Å². The van der Waals surface area contributed by atoms with Crippen molar-refractivity contribution in [2.45, 2.75) is 6.54 Å². The van der Waals surface area contributed by atoms with Crippen LogP contribution in [0, 0.1) is 5.82 Å². The van der Waals surface area contributed by atoms with Gasteiger partial charge in [-0.15, -0.1) is 0 Å². The van der Waals surface area contributed by atoms with Gasteiger partial charge in [0.2, 0.25) is 0 Å². The number of nitrogens with zero attached hydrogens (tertiary/aromatic N) is 1. The Morgan fingerprint density at radius 1 is 1.19 bits per heavy atom. The fraction of sp³-hybridized carbons (Fsp3) is 0.0833. The minimum atomic E-state index is -0.250. The maximum atomic E-state index is 13.3. The topological polar surface area (TPSA) is 24.9 Å². The third-order valence-electron chi connectivity index (χ3n) is 2.12. The van der Waals surface area contributed by atoms with Crippen molar-refractivity contribution in [2.24, 2.45) is 0 Å². The van der Waals surface area contributed by atoms with E-state index >= 15 is 0 Å². The molecule has 0 amide bonds. The quantitative estimate of drug-likeness (QED) is 0.929. The third kappa shape index (κ3) is 2.79. The molecule has 82 valence electrons. The number of rotatable bonds is 3. The largest absolute Gasteiger partial charge is 0.377 e. The Kier molecular flexibility index (Phi) is 3.51. The molecule has 0 saturated carbocycles. The number of anilines is 1. The van der Waals surface area contributed by atoms with Gasteiger partial charge in [0, 0.05) is 10.7 Å². The van der Waals surface area contributed by atoms with E-state index in [0.717, 1.165) is 10.2 Å².